The largest absolute Gasteiger partial charge is 0.481 e. The topological polar surface area (TPSA) is 101 Å². The first-order valence-electron chi connectivity index (χ1n) is 6.90. The van der Waals surface area contributed by atoms with Crippen molar-refractivity contribution in [1.29, 1.82) is 0 Å². The second-order valence-electron chi connectivity index (χ2n) is 5.94. The van der Waals surface area contributed by atoms with Crippen molar-refractivity contribution < 1.29 is 19.8 Å². The third kappa shape index (κ3) is 2.67. The number of carboxylic acids is 2. The fourth-order valence-corrected chi connectivity index (χ4v) is 2.83. The molecule has 0 aromatic rings. The zero-order valence-electron chi connectivity index (χ0n) is 12.3. The molecule has 4 N–H and O–H groups in total. The minimum atomic E-state index is -1.27. The van der Waals surface area contributed by atoms with Gasteiger partial charge in [-0.1, -0.05) is 36.5 Å². The lowest BCUT2D eigenvalue weighted by Crippen LogP contribution is -2.45. The lowest BCUT2D eigenvalue weighted by atomic mass is 9.70. The number of rotatable bonds is 4. The van der Waals surface area contributed by atoms with Crippen LogP contribution in [-0.4, -0.2) is 27.7 Å². The molecule has 3 atom stereocenters. The highest BCUT2D eigenvalue weighted by atomic mass is 16.4. The van der Waals surface area contributed by atoms with Gasteiger partial charge in [0.1, 0.15) is 0 Å². The van der Waals surface area contributed by atoms with Gasteiger partial charge in [-0.3, -0.25) is 4.79 Å². The van der Waals surface area contributed by atoms with Gasteiger partial charge in [0.05, 0.1) is 11.0 Å². The summed E-state index contributed by atoms with van der Waals surface area (Å²) in [6, 6.07) is 0. The van der Waals surface area contributed by atoms with Gasteiger partial charge in [0.15, 0.2) is 0 Å². The van der Waals surface area contributed by atoms with E-state index in [1.54, 1.807) is 30.4 Å². The first-order valence-corrected chi connectivity index (χ1v) is 6.90. The second kappa shape index (κ2) is 5.42. The molecule has 5 heteroatoms. The predicted octanol–water partition coefficient (Wildman–Crippen LogP) is 2.04. The molecule has 0 aliphatic heterocycles. The van der Waals surface area contributed by atoms with Crippen molar-refractivity contribution in [3.63, 3.8) is 0 Å². The zero-order valence-corrected chi connectivity index (χ0v) is 12.3. The number of hydrogen-bond acceptors (Lipinski definition) is 3. The van der Waals surface area contributed by atoms with E-state index in [2.05, 4.69) is 6.58 Å². The first kappa shape index (κ1) is 16.0. The van der Waals surface area contributed by atoms with E-state index >= 15 is 0 Å². The summed E-state index contributed by atoms with van der Waals surface area (Å²) >= 11 is 0. The van der Waals surface area contributed by atoms with Crippen molar-refractivity contribution in [2.24, 2.45) is 17.1 Å². The van der Waals surface area contributed by atoms with Crippen LogP contribution in [0.2, 0.25) is 0 Å². The summed E-state index contributed by atoms with van der Waals surface area (Å²) in [6.45, 7) is 5.25. The lowest BCUT2D eigenvalue weighted by molar-refractivity contribution is -0.145. The third-order valence-electron chi connectivity index (χ3n) is 4.20. The molecule has 2 aliphatic rings. The van der Waals surface area contributed by atoms with Crippen molar-refractivity contribution >= 4 is 11.9 Å². The highest BCUT2D eigenvalue weighted by Crippen LogP contribution is 2.40. The van der Waals surface area contributed by atoms with E-state index in [-0.39, 0.29) is 17.9 Å². The third-order valence-corrected chi connectivity index (χ3v) is 4.20. The number of nitrogens with two attached hydrogens (primary N) is 1. The molecule has 0 bridgehead atoms. The van der Waals surface area contributed by atoms with E-state index in [9.17, 15) is 19.8 Å². The fraction of sp³-hybridized carbons (Fsp3) is 0.294. The second-order valence-corrected chi connectivity index (χ2v) is 5.94. The molecular weight excluding hydrogens is 282 g/mol. The fourth-order valence-electron chi connectivity index (χ4n) is 2.83. The van der Waals surface area contributed by atoms with E-state index in [1.807, 2.05) is 6.08 Å². The van der Waals surface area contributed by atoms with E-state index in [0.29, 0.717) is 5.57 Å². The van der Waals surface area contributed by atoms with Gasteiger partial charge in [0.2, 0.25) is 0 Å². The summed E-state index contributed by atoms with van der Waals surface area (Å²) in [5.41, 5.74) is 4.80. The van der Waals surface area contributed by atoms with Crippen LogP contribution >= 0.6 is 0 Å². The summed E-state index contributed by atoms with van der Waals surface area (Å²) in [5, 5.41) is 18.7. The number of aliphatic carboxylic acids is 2. The zero-order chi connectivity index (χ0) is 16.5. The summed E-state index contributed by atoms with van der Waals surface area (Å²) in [4.78, 5) is 22.9. The average Bonchev–Trinajstić information content (AvgIpc) is 2.47. The minimum absolute atomic E-state index is 0.0564. The van der Waals surface area contributed by atoms with Gasteiger partial charge in [-0.15, -0.1) is 6.58 Å². The summed E-state index contributed by atoms with van der Waals surface area (Å²) in [5.74, 6) is -2.54. The smallest absolute Gasteiger partial charge is 0.331 e. The normalized spacial score (nSPS) is 33.8. The molecule has 3 unspecified atom stereocenters. The van der Waals surface area contributed by atoms with Gasteiger partial charge in [-0.05, 0) is 25.0 Å². The number of hydrogen-bond donors (Lipinski definition) is 3. The summed E-state index contributed by atoms with van der Waals surface area (Å²) in [7, 11) is 0. The Kier molecular flexibility index (Phi) is 3.94. The predicted molar refractivity (Wildman–Crippen MR) is 83.0 cm³/mol. The maximum absolute atomic E-state index is 11.6. The van der Waals surface area contributed by atoms with Gasteiger partial charge in [-0.2, -0.15) is 0 Å². The van der Waals surface area contributed by atoms with E-state index in [1.165, 1.54) is 13.0 Å². The molecule has 2 rings (SSSR count). The Morgan fingerprint density at radius 3 is 2.64 bits per heavy atom. The first-order chi connectivity index (χ1) is 10.2. The van der Waals surface area contributed by atoms with Crippen LogP contribution in [0.3, 0.4) is 0 Å². The number of carboxylic acid groups (broad SMARTS) is 2. The monoisotopic (exact) mass is 301 g/mol. The van der Waals surface area contributed by atoms with Crippen LogP contribution in [0.4, 0.5) is 0 Å². The molecule has 0 spiro atoms. The molecular formula is C17H19NO4. The molecule has 0 saturated heterocycles. The number of carbonyl (C=O) groups is 2. The molecule has 2 aliphatic carbocycles. The standard InChI is InChI=1S/C17H19NO4/c1-3-17(18)7-5-4-6-13(17)11-8-12(14(19)20)10-16(2,9-11)15(21)22/h3-9,13H,1,10,18H2,2H3,(H,19,20)(H,21,22). The van der Waals surface area contributed by atoms with Crippen LogP contribution in [-0.2, 0) is 9.59 Å². The maximum Gasteiger partial charge on any atom is 0.331 e. The SMILES string of the molecule is C=CC1(N)C=CC=CC1C1=CC(C)(C(=O)O)CC(C(=O)O)=C1. The Hall–Kier alpha value is -2.40. The van der Waals surface area contributed by atoms with Crippen molar-refractivity contribution in [1.82, 2.24) is 0 Å². The van der Waals surface area contributed by atoms with Crippen LogP contribution < -0.4 is 5.73 Å². The van der Waals surface area contributed by atoms with Crippen LogP contribution in [0.1, 0.15) is 13.3 Å². The molecule has 0 aromatic heterocycles. The Bertz CT molecular complexity index is 656. The van der Waals surface area contributed by atoms with Crippen molar-refractivity contribution in [3.8, 4) is 0 Å². The lowest BCUT2D eigenvalue weighted by Gasteiger charge is -2.36. The number of allylic oxidation sites excluding steroid dienone is 3. The van der Waals surface area contributed by atoms with Crippen LogP contribution in [0, 0.1) is 11.3 Å². The van der Waals surface area contributed by atoms with Gasteiger partial charge >= 0.3 is 11.9 Å². The van der Waals surface area contributed by atoms with E-state index < -0.39 is 22.9 Å². The van der Waals surface area contributed by atoms with Crippen LogP contribution in [0.5, 0.6) is 0 Å². The molecule has 116 valence electrons. The Morgan fingerprint density at radius 1 is 1.41 bits per heavy atom. The van der Waals surface area contributed by atoms with Gasteiger partial charge in [0, 0.05) is 11.5 Å². The summed E-state index contributed by atoms with van der Waals surface area (Å²) in [6.07, 6.45) is 11.8. The molecule has 0 radical (unpaired) electrons. The van der Waals surface area contributed by atoms with Gasteiger partial charge in [-0.25, -0.2) is 4.79 Å². The van der Waals surface area contributed by atoms with Crippen molar-refractivity contribution in [2.45, 2.75) is 18.9 Å². The average molecular weight is 301 g/mol. The van der Waals surface area contributed by atoms with Crippen molar-refractivity contribution in [2.75, 3.05) is 0 Å². The molecule has 5 nitrogen and oxygen atoms in total. The van der Waals surface area contributed by atoms with Crippen LogP contribution in [0.15, 0.2) is 60.3 Å². The molecule has 22 heavy (non-hydrogen) atoms. The van der Waals surface area contributed by atoms with Crippen molar-refractivity contribution in [3.05, 3.63) is 60.3 Å². The highest BCUT2D eigenvalue weighted by Gasteiger charge is 2.40. The van der Waals surface area contributed by atoms with E-state index in [0.717, 1.165) is 0 Å². The Morgan fingerprint density at radius 2 is 2.09 bits per heavy atom. The van der Waals surface area contributed by atoms with E-state index in [4.69, 9.17) is 5.73 Å². The quantitative estimate of drug-likeness (QED) is 0.690. The van der Waals surface area contributed by atoms with Gasteiger partial charge in [0.25, 0.3) is 0 Å². The highest BCUT2D eigenvalue weighted by molar-refractivity contribution is 5.90. The minimum Gasteiger partial charge on any atom is -0.481 e. The molecule has 0 saturated carbocycles. The molecule has 0 fully saturated rings. The van der Waals surface area contributed by atoms with Gasteiger partial charge < -0.3 is 15.9 Å². The van der Waals surface area contributed by atoms with Crippen LogP contribution in [0.25, 0.3) is 0 Å². The Balaban J connectivity index is 2.55. The maximum atomic E-state index is 11.6. The Labute approximate surface area is 128 Å². The summed E-state index contributed by atoms with van der Waals surface area (Å²) < 4.78 is 0. The molecule has 0 heterocycles. The molecule has 0 aromatic carbocycles. The molecule has 0 amide bonds.